The van der Waals surface area contributed by atoms with Gasteiger partial charge in [0.1, 0.15) is 11.4 Å². The predicted molar refractivity (Wildman–Crippen MR) is 64.4 cm³/mol. The lowest BCUT2D eigenvalue weighted by atomic mass is 10.2. The third-order valence-corrected chi connectivity index (χ3v) is 3.17. The number of nitrogens with zero attached hydrogens (tertiary/aromatic N) is 1. The number of halogens is 2. The molecule has 0 radical (unpaired) electrons. The van der Waals surface area contributed by atoms with Gasteiger partial charge in [-0.15, -0.1) is 0 Å². The minimum absolute atomic E-state index is 0.0672. The number of hydrogen-bond donors (Lipinski definition) is 1. The van der Waals surface area contributed by atoms with Gasteiger partial charge >= 0.3 is 0 Å². The maximum Gasteiger partial charge on any atom is 0.230 e. The Balaban J connectivity index is 2.66. The summed E-state index contributed by atoms with van der Waals surface area (Å²) in [4.78, 5) is 13.1. The Kier molecular flexibility index (Phi) is 2.86. The number of benzene rings is 1. The van der Waals surface area contributed by atoms with Crippen LogP contribution in [0.5, 0.6) is 5.75 Å². The monoisotopic (exact) mass is 260 g/mol. The molecule has 0 unspecified atom stereocenters. The van der Waals surface area contributed by atoms with Gasteiger partial charge in [0, 0.05) is 13.1 Å². The number of anilines is 2. The molecule has 1 amide bonds. The van der Waals surface area contributed by atoms with Crippen LogP contribution < -0.4 is 15.4 Å². The van der Waals surface area contributed by atoms with E-state index in [0.717, 1.165) is 0 Å². The van der Waals surface area contributed by atoms with Crippen LogP contribution in [0.3, 0.4) is 0 Å². The fraction of sp³-hybridized carbons (Fsp3) is 0.300. The first-order valence-electron chi connectivity index (χ1n) is 4.69. The average molecular weight is 261 g/mol. The van der Waals surface area contributed by atoms with E-state index in [1.807, 2.05) is 0 Å². The highest BCUT2D eigenvalue weighted by atomic mass is 35.5. The Morgan fingerprint density at radius 3 is 2.88 bits per heavy atom. The van der Waals surface area contributed by atoms with Gasteiger partial charge in [0.25, 0.3) is 0 Å². The first-order valence-corrected chi connectivity index (χ1v) is 5.44. The van der Waals surface area contributed by atoms with Gasteiger partial charge in [0.2, 0.25) is 5.91 Å². The van der Waals surface area contributed by atoms with Crippen LogP contribution in [0, 0.1) is 0 Å². The maximum absolute atomic E-state index is 11.6. The van der Waals surface area contributed by atoms with Crippen LogP contribution in [0.4, 0.5) is 11.4 Å². The van der Waals surface area contributed by atoms with Crippen LogP contribution >= 0.6 is 23.2 Å². The second-order valence-electron chi connectivity index (χ2n) is 3.48. The lowest BCUT2D eigenvalue weighted by Gasteiger charge is -2.19. The Morgan fingerprint density at radius 2 is 2.19 bits per heavy atom. The van der Waals surface area contributed by atoms with Gasteiger partial charge in [-0.3, -0.25) is 4.79 Å². The Morgan fingerprint density at radius 1 is 1.50 bits per heavy atom. The van der Waals surface area contributed by atoms with Crippen molar-refractivity contribution in [3.05, 3.63) is 16.1 Å². The molecule has 1 aromatic carbocycles. The van der Waals surface area contributed by atoms with Crippen molar-refractivity contribution in [3.63, 3.8) is 0 Å². The molecule has 1 aliphatic rings. The maximum atomic E-state index is 11.6. The summed E-state index contributed by atoms with van der Waals surface area (Å²) < 4.78 is 5.42. The lowest BCUT2D eigenvalue weighted by Crippen LogP contribution is -2.25. The van der Waals surface area contributed by atoms with Gasteiger partial charge in [-0.05, 0) is 0 Å². The lowest BCUT2D eigenvalue weighted by molar-refractivity contribution is -0.118. The number of amides is 1. The van der Waals surface area contributed by atoms with Crippen molar-refractivity contribution in [3.8, 4) is 5.75 Å². The molecule has 2 rings (SSSR count). The highest BCUT2D eigenvalue weighted by Crippen LogP contribution is 2.44. The topological polar surface area (TPSA) is 55.6 Å². The second-order valence-corrected chi connectivity index (χ2v) is 4.27. The van der Waals surface area contributed by atoms with Crippen molar-refractivity contribution in [1.82, 2.24) is 0 Å². The summed E-state index contributed by atoms with van der Waals surface area (Å²) in [6, 6.07) is 1.58. The van der Waals surface area contributed by atoms with Gasteiger partial charge in [-0.2, -0.15) is 0 Å². The summed E-state index contributed by atoms with van der Waals surface area (Å²) in [6.45, 7) is 0.312. The molecule has 6 heteroatoms. The molecule has 1 heterocycles. The molecule has 0 aliphatic carbocycles. The summed E-state index contributed by atoms with van der Waals surface area (Å²) in [5, 5.41) is 0.576. The Hall–Kier alpha value is -1.13. The number of fused-ring (bicyclic) bond motifs is 1. The Bertz CT molecular complexity index is 463. The quantitative estimate of drug-likeness (QED) is 0.729. The average Bonchev–Trinajstić information content (AvgIpc) is 2.37. The van der Waals surface area contributed by atoms with Crippen molar-refractivity contribution in [2.24, 2.45) is 0 Å². The highest BCUT2D eigenvalue weighted by molar-refractivity contribution is 6.41. The number of carbonyl (C=O) groups is 1. The van der Waals surface area contributed by atoms with Gasteiger partial charge in [-0.1, -0.05) is 23.2 Å². The van der Waals surface area contributed by atoms with Gasteiger partial charge in [0.15, 0.2) is 0 Å². The Labute approximate surface area is 103 Å². The van der Waals surface area contributed by atoms with Crippen molar-refractivity contribution in [2.75, 3.05) is 24.3 Å². The van der Waals surface area contributed by atoms with E-state index in [0.29, 0.717) is 29.5 Å². The van der Waals surface area contributed by atoms with Crippen molar-refractivity contribution in [1.29, 1.82) is 0 Å². The van der Waals surface area contributed by atoms with Gasteiger partial charge in [-0.25, -0.2) is 0 Å². The minimum atomic E-state index is -0.0672. The van der Waals surface area contributed by atoms with Crippen LogP contribution in [0.15, 0.2) is 6.07 Å². The molecule has 0 aromatic heterocycles. The smallest absolute Gasteiger partial charge is 0.230 e. The largest absolute Gasteiger partial charge is 0.491 e. The van der Waals surface area contributed by atoms with Crippen LogP contribution in [-0.4, -0.2) is 19.6 Å². The number of hydrogen-bond acceptors (Lipinski definition) is 3. The third-order valence-electron chi connectivity index (χ3n) is 2.48. The summed E-state index contributed by atoms with van der Waals surface area (Å²) in [6.07, 6.45) is 0.305. The molecule has 0 saturated heterocycles. The molecule has 86 valence electrons. The molecule has 0 saturated carbocycles. The zero-order chi connectivity index (χ0) is 11.9. The summed E-state index contributed by atoms with van der Waals surface area (Å²) in [5.41, 5.74) is 6.44. The van der Waals surface area contributed by atoms with Gasteiger partial charge < -0.3 is 15.4 Å². The van der Waals surface area contributed by atoms with E-state index in [4.69, 9.17) is 33.7 Å². The van der Waals surface area contributed by atoms with Crippen LogP contribution in [0.1, 0.15) is 6.42 Å². The first-order chi connectivity index (χ1) is 7.52. The number of rotatable bonds is 0. The van der Waals surface area contributed by atoms with Crippen LogP contribution in [0.2, 0.25) is 10.0 Å². The first kappa shape index (κ1) is 11.4. The molecule has 16 heavy (non-hydrogen) atoms. The molecular formula is C10H10Cl2N2O2. The molecule has 0 fully saturated rings. The zero-order valence-corrected chi connectivity index (χ0v) is 10.1. The standard InChI is InChI=1S/C10H10Cl2N2O2/c1-14-7(15)2-3-16-6-4-5(11)9(13)8(12)10(6)14/h4H,2-3,13H2,1H3. The summed E-state index contributed by atoms with van der Waals surface area (Å²) >= 11 is 12.0. The second kappa shape index (κ2) is 4.03. The van der Waals surface area contributed by atoms with Crippen molar-refractivity contribution < 1.29 is 9.53 Å². The van der Waals surface area contributed by atoms with E-state index >= 15 is 0 Å². The SMILES string of the molecule is CN1C(=O)CCOc2cc(Cl)c(N)c(Cl)c21. The molecule has 0 spiro atoms. The van der Waals surface area contributed by atoms with Crippen molar-refractivity contribution >= 4 is 40.5 Å². The molecule has 1 aromatic rings. The molecule has 4 nitrogen and oxygen atoms in total. The zero-order valence-electron chi connectivity index (χ0n) is 8.59. The number of carbonyl (C=O) groups excluding carboxylic acids is 1. The number of nitrogen functional groups attached to an aromatic ring is 1. The number of ether oxygens (including phenoxy) is 1. The van der Waals surface area contributed by atoms with E-state index in [1.54, 1.807) is 13.1 Å². The van der Waals surface area contributed by atoms with Gasteiger partial charge in [0.05, 0.1) is 28.8 Å². The number of nitrogens with two attached hydrogens (primary N) is 1. The molecule has 2 N–H and O–H groups in total. The fourth-order valence-corrected chi connectivity index (χ4v) is 2.13. The normalized spacial score (nSPS) is 15.4. The highest BCUT2D eigenvalue weighted by Gasteiger charge is 2.25. The summed E-state index contributed by atoms with van der Waals surface area (Å²) in [5.74, 6) is 0.417. The van der Waals surface area contributed by atoms with E-state index < -0.39 is 0 Å². The summed E-state index contributed by atoms with van der Waals surface area (Å²) in [7, 11) is 1.63. The van der Waals surface area contributed by atoms with E-state index in [1.165, 1.54) is 4.90 Å². The minimum Gasteiger partial charge on any atom is -0.491 e. The predicted octanol–water partition coefficient (Wildman–Crippen LogP) is 2.32. The van der Waals surface area contributed by atoms with Crippen molar-refractivity contribution in [2.45, 2.75) is 6.42 Å². The molecule has 0 bridgehead atoms. The third kappa shape index (κ3) is 1.68. The molecular weight excluding hydrogens is 251 g/mol. The van der Waals surface area contributed by atoms with E-state index in [9.17, 15) is 4.79 Å². The molecule has 0 atom stereocenters. The van der Waals surface area contributed by atoms with E-state index in [2.05, 4.69) is 0 Å². The fourth-order valence-electron chi connectivity index (χ4n) is 1.57. The van der Waals surface area contributed by atoms with Crippen LogP contribution in [-0.2, 0) is 4.79 Å². The van der Waals surface area contributed by atoms with E-state index in [-0.39, 0.29) is 16.6 Å². The van der Waals surface area contributed by atoms with Crippen LogP contribution in [0.25, 0.3) is 0 Å². The molecule has 1 aliphatic heterocycles.